The summed E-state index contributed by atoms with van der Waals surface area (Å²) in [7, 11) is -3.46. The maximum atomic E-state index is 6.52. The predicted molar refractivity (Wildman–Crippen MR) is 188 cm³/mol. The highest BCUT2D eigenvalue weighted by atomic mass is 31.2. The number of aryl methyl sites for hydroxylation is 2. The van der Waals surface area contributed by atoms with Crippen molar-refractivity contribution in [2.24, 2.45) is 0 Å². The van der Waals surface area contributed by atoms with Gasteiger partial charge in [0.1, 0.15) is 11.5 Å². The fraction of sp³-hybridized carbons (Fsp3) is 0.667. The van der Waals surface area contributed by atoms with Crippen LogP contribution in [0.1, 0.15) is 130 Å². The minimum absolute atomic E-state index is 0.0758. The Morgan fingerprint density at radius 1 is 0.467 bits per heavy atom. The maximum absolute atomic E-state index is 6.52. The summed E-state index contributed by atoms with van der Waals surface area (Å²) in [6.45, 7) is 35.1. The van der Waals surface area contributed by atoms with Crippen molar-refractivity contribution in [2.75, 3.05) is 26.8 Å². The molecule has 0 spiro atoms. The molecule has 256 valence electrons. The van der Waals surface area contributed by atoms with E-state index >= 15 is 0 Å². The molecule has 0 saturated carbocycles. The molecule has 2 rings (SSSR count). The molecule has 0 aliphatic rings. The lowest BCUT2D eigenvalue weighted by atomic mass is 9.78. The SMILES string of the molecule is CCOP(OCOCOP(OCC)Oc1c(C(C)(C)C)cc(C)cc1C(C)(C)C)Oc1c(C(C)(C)C)cc(C)cc1C(C)(C)C. The Kier molecular flexibility index (Phi) is 14.4. The summed E-state index contributed by atoms with van der Waals surface area (Å²) >= 11 is 0. The predicted octanol–water partition coefficient (Wildman–Crippen LogP) is 11.4. The molecule has 0 fully saturated rings. The molecule has 2 aromatic carbocycles. The maximum Gasteiger partial charge on any atom is 0.399 e. The van der Waals surface area contributed by atoms with Crippen LogP contribution in [0.5, 0.6) is 11.5 Å². The van der Waals surface area contributed by atoms with Crippen LogP contribution in [-0.4, -0.2) is 26.8 Å². The number of hydrogen-bond acceptors (Lipinski definition) is 7. The van der Waals surface area contributed by atoms with Crippen LogP contribution >= 0.6 is 17.2 Å². The van der Waals surface area contributed by atoms with Crippen LogP contribution in [0.3, 0.4) is 0 Å². The van der Waals surface area contributed by atoms with Gasteiger partial charge in [-0.25, -0.2) is 0 Å². The highest BCUT2D eigenvalue weighted by Crippen LogP contribution is 2.50. The summed E-state index contributed by atoms with van der Waals surface area (Å²) in [5, 5.41) is 0. The molecular weight excluding hydrogens is 606 g/mol. The van der Waals surface area contributed by atoms with Gasteiger partial charge in [0.05, 0.1) is 13.2 Å². The van der Waals surface area contributed by atoms with Gasteiger partial charge < -0.3 is 22.8 Å². The highest BCUT2D eigenvalue weighted by Gasteiger charge is 2.32. The third kappa shape index (κ3) is 12.0. The minimum Gasteiger partial charge on any atom is -0.426 e. The third-order valence-corrected chi connectivity index (χ3v) is 9.22. The molecule has 7 nitrogen and oxygen atoms in total. The summed E-state index contributed by atoms with van der Waals surface area (Å²) in [5.41, 5.74) is 6.33. The van der Waals surface area contributed by atoms with Crippen molar-refractivity contribution in [3.63, 3.8) is 0 Å². The first kappa shape index (κ1) is 39.9. The van der Waals surface area contributed by atoms with Crippen molar-refractivity contribution in [2.45, 2.75) is 132 Å². The molecule has 0 radical (unpaired) electrons. The lowest BCUT2D eigenvalue weighted by Gasteiger charge is -2.31. The summed E-state index contributed by atoms with van der Waals surface area (Å²) in [6.07, 6.45) is 0. The van der Waals surface area contributed by atoms with Crippen LogP contribution in [-0.2, 0) is 44.5 Å². The molecule has 0 amide bonds. The van der Waals surface area contributed by atoms with E-state index in [4.69, 9.17) is 31.9 Å². The summed E-state index contributed by atoms with van der Waals surface area (Å²) < 4.78 is 42.6. The second-order valence-electron chi connectivity index (χ2n) is 15.5. The van der Waals surface area contributed by atoms with Gasteiger partial charge in [0, 0.05) is 22.3 Å². The Morgan fingerprint density at radius 3 is 0.956 bits per heavy atom. The largest absolute Gasteiger partial charge is 0.426 e. The Balaban J connectivity index is 2.19. The average molecular weight is 667 g/mol. The monoisotopic (exact) mass is 666 g/mol. The molecule has 2 atom stereocenters. The van der Waals surface area contributed by atoms with Crippen LogP contribution in [0.4, 0.5) is 0 Å². The number of benzene rings is 2. The molecular formula is C36H60O7P2. The van der Waals surface area contributed by atoms with Crippen molar-refractivity contribution in [3.8, 4) is 11.5 Å². The Hall–Kier alpha value is -1.30. The highest BCUT2D eigenvalue weighted by molar-refractivity contribution is 7.42. The zero-order valence-corrected chi connectivity index (χ0v) is 32.7. The fourth-order valence-corrected chi connectivity index (χ4v) is 6.50. The van der Waals surface area contributed by atoms with Gasteiger partial charge in [0.25, 0.3) is 0 Å². The van der Waals surface area contributed by atoms with Crippen LogP contribution in [0, 0.1) is 13.8 Å². The molecule has 0 aromatic heterocycles. The van der Waals surface area contributed by atoms with E-state index in [0.717, 1.165) is 33.8 Å². The van der Waals surface area contributed by atoms with Crippen molar-refractivity contribution in [1.82, 2.24) is 0 Å². The molecule has 0 bridgehead atoms. The van der Waals surface area contributed by atoms with Crippen molar-refractivity contribution >= 4 is 17.2 Å². The number of rotatable bonds is 14. The molecule has 2 aromatic rings. The number of hydrogen-bond donors (Lipinski definition) is 0. The van der Waals surface area contributed by atoms with Gasteiger partial charge in [-0.3, -0.25) is 9.05 Å². The normalized spacial score (nSPS) is 14.4. The van der Waals surface area contributed by atoms with Gasteiger partial charge in [0.2, 0.25) is 0 Å². The third-order valence-electron chi connectivity index (χ3n) is 6.98. The smallest absolute Gasteiger partial charge is 0.399 e. The van der Waals surface area contributed by atoms with E-state index in [1.165, 1.54) is 11.1 Å². The van der Waals surface area contributed by atoms with E-state index in [1.807, 2.05) is 13.8 Å². The zero-order valence-electron chi connectivity index (χ0n) is 30.9. The van der Waals surface area contributed by atoms with E-state index < -0.39 is 17.2 Å². The van der Waals surface area contributed by atoms with Crippen molar-refractivity contribution in [1.29, 1.82) is 0 Å². The molecule has 45 heavy (non-hydrogen) atoms. The topological polar surface area (TPSA) is 64.6 Å². The van der Waals surface area contributed by atoms with Crippen LogP contribution in [0.15, 0.2) is 24.3 Å². The Bertz CT molecular complexity index is 1070. The summed E-state index contributed by atoms with van der Waals surface area (Å²) in [5.74, 6) is 1.62. The fourth-order valence-electron chi connectivity index (χ4n) is 4.71. The molecule has 0 saturated heterocycles. The van der Waals surface area contributed by atoms with Crippen LogP contribution in [0.25, 0.3) is 0 Å². The summed E-state index contributed by atoms with van der Waals surface area (Å²) in [6, 6.07) is 8.76. The van der Waals surface area contributed by atoms with Gasteiger partial charge in [-0.15, -0.1) is 0 Å². The molecule has 0 aliphatic heterocycles. The lowest BCUT2D eigenvalue weighted by Crippen LogP contribution is -2.20. The van der Waals surface area contributed by atoms with Gasteiger partial charge in [-0.05, 0) is 49.4 Å². The summed E-state index contributed by atoms with van der Waals surface area (Å²) in [4.78, 5) is 0. The first-order valence-electron chi connectivity index (χ1n) is 16.0. The van der Waals surface area contributed by atoms with Gasteiger partial charge in [-0.2, -0.15) is 0 Å². The van der Waals surface area contributed by atoms with Crippen LogP contribution < -0.4 is 9.05 Å². The number of ether oxygens (including phenoxy) is 1. The first-order chi connectivity index (χ1) is 20.6. The van der Waals surface area contributed by atoms with E-state index in [2.05, 4.69) is 121 Å². The second kappa shape index (κ2) is 16.2. The van der Waals surface area contributed by atoms with E-state index in [-0.39, 0.29) is 35.2 Å². The van der Waals surface area contributed by atoms with Crippen molar-refractivity contribution in [3.05, 3.63) is 57.6 Å². The molecule has 0 heterocycles. The van der Waals surface area contributed by atoms with Gasteiger partial charge in [0.15, 0.2) is 13.6 Å². The average Bonchev–Trinajstić information content (AvgIpc) is 2.87. The van der Waals surface area contributed by atoms with Gasteiger partial charge >= 0.3 is 17.2 Å². The first-order valence-corrected chi connectivity index (χ1v) is 18.2. The van der Waals surface area contributed by atoms with E-state index in [1.54, 1.807) is 0 Å². The zero-order chi connectivity index (χ0) is 34.4. The van der Waals surface area contributed by atoms with Crippen molar-refractivity contribution < 1.29 is 31.9 Å². The standard InChI is InChI=1S/C36H60O7P2/c1-17-38-44(42-31-27(33(5,6)7)19-25(3)20-28(31)34(8,9)10)40-23-37-24-41-45(39-18-2)43-32-29(35(11,12)13)21-26(4)22-30(32)36(14,15)16/h19-22H,17-18,23-24H2,1-16H3. The molecule has 9 heteroatoms. The van der Waals surface area contributed by atoms with E-state index in [9.17, 15) is 0 Å². The second-order valence-corrected chi connectivity index (χ2v) is 17.8. The molecule has 0 N–H and O–H groups in total. The molecule has 0 aliphatic carbocycles. The minimum atomic E-state index is -1.73. The Morgan fingerprint density at radius 2 is 0.733 bits per heavy atom. The molecule has 2 unspecified atom stereocenters. The Labute approximate surface area is 277 Å². The van der Waals surface area contributed by atoms with E-state index in [0.29, 0.717) is 13.2 Å². The quantitative estimate of drug-likeness (QED) is 0.113. The van der Waals surface area contributed by atoms with Crippen LogP contribution in [0.2, 0.25) is 0 Å². The van der Waals surface area contributed by atoms with Gasteiger partial charge in [-0.1, -0.05) is 118 Å². The lowest BCUT2D eigenvalue weighted by molar-refractivity contribution is -0.0622.